The Labute approximate surface area is 115 Å². The van der Waals surface area contributed by atoms with Crippen molar-refractivity contribution < 1.29 is 4.92 Å². The van der Waals surface area contributed by atoms with Gasteiger partial charge in [-0.25, -0.2) is 4.98 Å². The van der Waals surface area contributed by atoms with Gasteiger partial charge in [-0.1, -0.05) is 12.2 Å². The number of nitrogens with one attached hydrogen (secondary N) is 1. The summed E-state index contributed by atoms with van der Waals surface area (Å²) in [4.78, 5) is 15.1. The molecule has 0 spiro atoms. The number of benzene rings is 1. The average molecular weight is 277 g/mol. The monoisotopic (exact) mass is 277 g/mol. The molecule has 2 aromatic rings. The number of hydrogen-bond donors (Lipinski definition) is 1. The zero-order valence-electron chi connectivity index (χ0n) is 10.8. The summed E-state index contributed by atoms with van der Waals surface area (Å²) in [5.41, 5.74) is 1.45. The Kier molecular flexibility index (Phi) is 4.11. The number of fused-ring (bicyclic) bond motifs is 1. The van der Waals surface area contributed by atoms with Gasteiger partial charge in [-0.05, 0) is 26.3 Å². The van der Waals surface area contributed by atoms with Gasteiger partial charge in [0, 0.05) is 12.6 Å². The average Bonchev–Trinajstić information content (AvgIpc) is 2.72. The first-order chi connectivity index (χ1) is 9.11. The Balaban J connectivity index is 2.33. The van der Waals surface area contributed by atoms with Crippen molar-refractivity contribution in [2.45, 2.75) is 20.3 Å². The molecule has 0 aliphatic rings. The fourth-order valence-corrected chi connectivity index (χ4v) is 2.67. The van der Waals surface area contributed by atoms with Crippen molar-refractivity contribution in [3.63, 3.8) is 0 Å². The lowest BCUT2D eigenvalue weighted by atomic mass is 10.2. The van der Waals surface area contributed by atoms with E-state index in [1.165, 1.54) is 11.3 Å². The predicted octanol–water partition coefficient (Wildman–Crippen LogP) is 3.89. The minimum Gasteiger partial charge on any atom is -0.379 e. The molecule has 0 saturated heterocycles. The lowest BCUT2D eigenvalue weighted by Crippen LogP contribution is -2.03. The predicted molar refractivity (Wildman–Crippen MR) is 78.9 cm³/mol. The number of anilines is 1. The van der Waals surface area contributed by atoms with E-state index in [0.717, 1.165) is 21.6 Å². The van der Waals surface area contributed by atoms with Crippen LogP contribution in [-0.2, 0) is 0 Å². The Morgan fingerprint density at radius 3 is 3.00 bits per heavy atom. The third-order valence-corrected chi connectivity index (χ3v) is 3.61. The molecule has 0 aliphatic carbocycles. The quantitative estimate of drug-likeness (QED) is 0.389. The van der Waals surface area contributed by atoms with Crippen LogP contribution in [0, 0.1) is 17.0 Å². The summed E-state index contributed by atoms with van der Waals surface area (Å²) >= 11 is 1.47. The van der Waals surface area contributed by atoms with E-state index in [4.69, 9.17) is 0 Å². The molecular weight excluding hydrogens is 262 g/mol. The molecular formula is C13H15N3O2S. The molecule has 0 saturated carbocycles. The maximum atomic E-state index is 11.1. The number of nitro groups is 1. The minimum atomic E-state index is -0.355. The van der Waals surface area contributed by atoms with Crippen LogP contribution in [0.4, 0.5) is 11.4 Å². The second-order valence-corrected chi connectivity index (χ2v) is 5.35. The summed E-state index contributed by atoms with van der Waals surface area (Å²) in [6.45, 7) is 4.52. The highest BCUT2D eigenvalue weighted by Crippen LogP contribution is 2.32. The van der Waals surface area contributed by atoms with Gasteiger partial charge in [0.2, 0.25) is 0 Å². The Morgan fingerprint density at radius 2 is 2.32 bits per heavy atom. The molecule has 2 rings (SSSR count). The van der Waals surface area contributed by atoms with Crippen molar-refractivity contribution in [3.05, 3.63) is 39.4 Å². The van der Waals surface area contributed by atoms with Crippen molar-refractivity contribution >= 4 is 32.9 Å². The first-order valence-corrected chi connectivity index (χ1v) is 6.84. The molecule has 0 amide bonds. The van der Waals surface area contributed by atoms with Gasteiger partial charge in [0.15, 0.2) is 0 Å². The molecule has 0 unspecified atom stereocenters. The summed E-state index contributed by atoms with van der Waals surface area (Å²) in [5, 5.41) is 15.1. The van der Waals surface area contributed by atoms with Crippen molar-refractivity contribution in [1.29, 1.82) is 0 Å². The Hall–Kier alpha value is -1.95. The van der Waals surface area contributed by atoms with Crippen LogP contribution in [0.5, 0.6) is 0 Å². The number of aryl methyl sites for hydroxylation is 1. The van der Waals surface area contributed by atoms with E-state index in [9.17, 15) is 10.1 Å². The number of allylic oxidation sites excluding steroid dienone is 1. The molecule has 0 radical (unpaired) electrons. The molecule has 0 atom stereocenters. The van der Waals surface area contributed by atoms with Crippen LogP contribution in [0.3, 0.4) is 0 Å². The van der Waals surface area contributed by atoms with E-state index in [0.29, 0.717) is 12.2 Å². The summed E-state index contributed by atoms with van der Waals surface area (Å²) in [7, 11) is 0. The van der Waals surface area contributed by atoms with Gasteiger partial charge in [-0.15, -0.1) is 11.3 Å². The van der Waals surface area contributed by atoms with Crippen LogP contribution >= 0.6 is 11.3 Å². The number of rotatable bonds is 5. The molecule has 1 aromatic heterocycles. The van der Waals surface area contributed by atoms with Crippen LogP contribution in [-0.4, -0.2) is 16.5 Å². The second kappa shape index (κ2) is 5.79. The van der Waals surface area contributed by atoms with E-state index >= 15 is 0 Å². The smallest absolute Gasteiger partial charge is 0.293 e. The third-order valence-electron chi connectivity index (χ3n) is 2.67. The van der Waals surface area contributed by atoms with Gasteiger partial charge in [0.05, 0.1) is 20.1 Å². The van der Waals surface area contributed by atoms with Crippen LogP contribution in [0.25, 0.3) is 10.2 Å². The zero-order valence-corrected chi connectivity index (χ0v) is 11.7. The van der Waals surface area contributed by atoms with E-state index in [2.05, 4.69) is 10.3 Å². The van der Waals surface area contributed by atoms with Crippen molar-refractivity contribution in [2.75, 3.05) is 11.9 Å². The highest BCUT2D eigenvalue weighted by molar-refractivity contribution is 7.18. The van der Waals surface area contributed by atoms with E-state index in [1.54, 1.807) is 12.1 Å². The van der Waals surface area contributed by atoms with Crippen LogP contribution in [0.1, 0.15) is 18.4 Å². The van der Waals surface area contributed by atoms with Crippen molar-refractivity contribution in [3.8, 4) is 0 Å². The molecule has 1 N–H and O–H groups in total. The fraction of sp³-hybridized carbons (Fsp3) is 0.308. The molecule has 100 valence electrons. The largest absolute Gasteiger partial charge is 0.379 e. The highest BCUT2D eigenvalue weighted by atomic mass is 32.1. The number of thiazole rings is 1. The maximum Gasteiger partial charge on any atom is 0.293 e. The number of nitro benzene ring substituents is 1. The zero-order chi connectivity index (χ0) is 13.8. The summed E-state index contributed by atoms with van der Waals surface area (Å²) < 4.78 is 0.850. The molecule has 0 fully saturated rings. The van der Waals surface area contributed by atoms with E-state index < -0.39 is 0 Å². The standard InChI is InChI=1S/C13H15N3O2S/c1-3-4-5-6-14-10-7-11-13(19-9(2)15-11)8-12(10)16(17)18/h3-4,7-8,14H,5-6H2,1-2H3/b4-3+. The molecule has 19 heavy (non-hydrogen) atoms. The SMILES string of the molecule is C/C=C/CCNc1cc2nc(C)sc2cc1[N+](=O)[O-]. The van der Waals surface area contributed by atoms with E-state index in [-0.39, 0.29) is 10.6 Å². The number of aromatic nitrogens is 1. The van der Waals surface area contributed by atoms with Crippen molar-refractivity contribution in [1.82, 2.24) is 4.98 Å². The van der Waals surface area contributed by atoms with E-state index in [1.807, 2.05) is 26.0 Å². The van der Waals surface area contributed by atoms with Gasteiger partial charge in [0.1, 0.15) is 5.69 Å². The topological polar surface area (TPSA) is 68.1 Å². The lowest BCUT2D eigenvalue weighted by Gasteiger charge is -2.05. The molecule has 6 heteroatoms. The van der Waals surface area contributed by atoms with Gasteiger partial charge >= 0.3 is 0 Å². The molecule has 0 aliphatic heterocycles. The Morgan fingerprint density at radius 1 is 1.53 bits per heavy atom. The fourth-order valence-electron chi connectivity index (χ4n) is 1.83. The van der Waals surface area contributed by atoms with Crippen LogP contribution in [0.15, 0.2) is 24.3 Å². The van der Waals surface area contributed by atoms with Crippen molar-refractivity contribution in [2.24, 2.45) is 0 Å². The summed E-state index contributed by atoms with van der Waals surface area (Å²) in [5.74, 6) is 0. The normalized spacial score (nSPS) is 11.3. The van der Waals surface area contributed by atoms with Gasteiger partial charge in [0.25, 0.3) is 5.69 Å². The highest BCUT2D eigenvalue weighted by Gasteiger charge is 2.16. The maximum absolute atomic E-state index is 11.1. The minimum absolute atomic E-state index is 0.108. The lowest BCUT2D eigenvalue weighted by molar-refractivity contribution is -0.383. The molecule has 5 nitrogen and oxygen atoms in total. The Bertz CT molecular complexity index is 634. The first-order valence-electron chi connectivity index (χ1n) is 6.02. The third kappa shape index (κ3) is 3.08. The van der Waals surface area contributed by atoms with Crippen LogP contribution in [0.2, 0.25) is 0 Å². The van der Waals surface area contributed by atoms with Gasteiger partial charge < -0.3 is 5.32 Å². The van der Waals surface area contributed by atoms with Crippen LogP contribution < -0.4 is 5.32 Å². The second-order valence-electron chi connectivity index (χ2n) is 4.11. The molecule has 0 bridgehead atoms. The number of hydrogen-bond acceptors (Lipinski definition) is 5. The number of nitrogens with zero attached hydrogens (tertiary/aromatic N) is 2. The summed E-state index contributed by atoms with van der Waals surface area (Å²) in [6.07, 6.45) is 4.81. The first kappa shape index (κ1) is 13.5. The molecule has 1 heterocycles. The molecule has 1 aromatic carbocycles. The summed E-state index contributed by atoms with van der Waals surface area (Å²) in [6, 6.07) is 3.35. The van der Waals surface area contributed by atoms with Gasteiger partial charge in [-0.3, -0.25) is 10.1 Å². The van der Waals surface area contributed by atoms with Gasteiger partial charge in [-0.2, -0.15) is 0 Å².